The average molecular weight is 415 g/mol. The van der Waals surface area contributed by atoms with Gasteiger partial charge in [-0.2, -0.15) is 0 Å². The Hall–Kier alpha value is -2.34. The Bertz CT molecular complexity index is 990. The molecule has 0 aromatic heterocycles. The minimum absolute atomic E-state index is 0.0392. The summed E-state index contributed by atoms with van der Waals surface area (Å²) in [7, 11) is -3.30. The van der Waals surface area contributed by atoms with Gasteiger partial charge in [-0.3, -0.25) is 9.10 Å². The fourth-order valence-corrected chi connectivity index (χ4v) is 5.24. The van der Waals surface area contributed by atoms with E-state index in [9.17, 15) is 13.2 Å². The van der Waals surface area contributed by atoms with Gasteiger partial charge in [0.15, 0.2) is 0 Å². The lowest BCUT2D eigenvalue weighted by molar-refractivity contribution is 0.102. The Balaban J connectivity index is 1.79. The lowest BCUT2D eigenvalue weighted by Gasteiger charge is -2.30. The van der Waals surface area contributed by atoms with Crippen LogP contribution in [0.1, 0.15) is 62.0 Å². The maximum Gasteiger partial charge on any atom is 0.255 e. The van der Waals surface area contributed by atoms with Gasteiger partial charge in [-0.1, -0.05) is 39.8 Å². The van der Waals surface area contributed by atoms with Crippen molar-refractivity contribution < 1.29 is 13.2 Å². The van der Waals surface area contributed by atoms with Crippen LogP contribution in [-0.2, 0) is 21.9 Å². The number of nitrogens with one attached hydrogen (secondary N) is 1. The Morgan fingerprint density at radius 1 is 1.10 bits per heavy atom. The summed E-state index contributed by atoms with van der Waals surface area (Å²) in [6.07, 6.45) is 2.18. The van der Waals surface area contributed by atoms with Crippen LogP contribution in [0.15, 0.2) is 42.5 Å². The van der Waals surface area contributed by atoms with E-state index in [0.29, 0.717) is 24.2 Å². The molecule has 1 aliphatic rings. The molecule has 1 aliphatic heterocycles. The van der Waals surface area contributed by atoms with Crippen LogP contribution in [0.5, 0.6) is 0 Å². The van der Waals surface area contributed by atoms with Crippen molar-refractivity contribution in [3.63, 3.8) is 0 Å². The maximum atomic E-state index is 12.6. The molecule has 2 aromatic carbocycles. The molecule has 0 unspecified atom stereocenters. The second-order valence-corrected chi connectivity index (χ2v) is 10.6. The summed E-state index contributed by atoms with van der Waals surface area (Å²) in [5, 5.41) is 2.94. The van der Waals surface area contributed by atoms with E-state index >= 15 is 0 Å². The smallest absolute Gasteiger partial charge is 0.255 e. The summed E-state index contributed by atoms with van der Waals surface area (Å²) in [4.78, 5) is 12.6. The summed E-state index contributed by atoms with van der Waals surface area (Å²) in [5.41, 5.74) is 4.19. The summed E-state index contributed by atoms with van der Waals surface area (Å²) in [5.74, 6) is -0.0214. The van der Waals surface area contributed by atoms with Crippen LogP contribution >= 0.6 is 0 Å². The summed E-state index contributed by atoms with van der Waals surface area (Å²) >= 11 is 0. The summed E-state index contributed by atoms with van der Waals surface area (Å²) < 4.78 is 26.6. The molecule has 29 heavy (non-hydrogen) atoms. The van der Waals surface area contributed by atoms with Crippen LogP contribution in [0.3, 0.4) is 0 Å². The molecular formula is C23H30N2O3S. The van der Waals surface area contributed by atoms with E-state index in [0.717, 1.165) is 24.1 Å². The van der Waals surface area contributed by atoms with Crippen LogP contribution in [-0.4, -0.2) is 26.6 Å². The number of sulfonamides is 1. The Labute approximate surface area is 174 Å². The first-order chi connectivity index (χ1) is 13.6. The van der Waals surface area contributed by atoms with Crippen molar-refractivity contribution in [1.29, 1.82) is 0 Å². The Morgan fingerprint density at radius 2 is 1.79 bits per heavy atom. The number of anilines is 2. The lowest BCUT2D eigenvalue weighted by Crippen LogP contribution is -2.37. The van der Waals surface area contributed by atoms with Gasteiger partial charge >= 0.3 is 0 Å². The van der Waals surface area contributed by atoms with Crippen molar-refractivity contribution in [1.82, 2.24) is 0 Å². The third kappa shape index (κ3) is 4.81. The normalized spacial score (nSPS) is 14.4. The molecule has 1 amide bonds. The number of amides is 1. The zero-order valence-corrected chi connectivity index (χ0v) is 18.5. The van der Waals surface area contributed by atoms with Crippen molar-refractivity contribution in [3.05, 3.63) is 59.2 Å². The predicted molar refractivity (Wildman–Crippen MR) is 119 cm³/mol. The van der Waals surface area contributed by atoms with E-state index in [4.69, 9.17) is 0 Å². The summed E-state index contributed by atoms with van der Waals surface area (Å²) in [6.45, 7) is 8.80. The highest BCUT2D eigenvalue weighted by atomic mass is 32.2. The minimum atomic E-state index is -3.30. The zero-order valence-electron chi connectivity index (χ0n) is 17.7. The zero-order chi connectivity index (χ0) is 21.2. The molecule has 1 heterocycles. The molecule has 0 aliphatic carbocycles. The molecule has 1 N–H and O–H groups in total. The van der Waals surface area contributed by atoms with Crippen molar-refractivity contribution in [3.8, 4) is 0 Å². The Morgan fingerprint density at radius 3 is 2.41 bits per heavy atom. The fourth-order valence-electron chi connectivity index (χ4n) is 3.62. The van der Waals surface area contributed by atoms with Crippen molar-refractivity contribution in [2.45, 2.75) is 52.4 Å². The van der Waals surface area contributed by atoms with E-state index in [1.165, 1.54) is 9.87 Å². The van der Waals surface area contributed by atoms with Gasteiger partial charge < -0.3 is 5.32 Å². The van der Waals surface area contributed by atoms with Gasteiger partial charge in [0.05, 0.1) is 11.4 Å². The highest BCUT2D eigenvalue weighted by Crippen LogP contribution is 2.32. The van der Waals surface area contributed by atoms with Gasteiger partial charge in [-0.25, -0.2) is 8.42 Å². The largest absolute Gasteiger partial charge is 0.322 e. The standard InChI is InChI=1S/C23H30N2O3S/c1-5-15-29(27,28)25-14-6-7-18-16-20(12-13-21(18)25)24-22(26)17-8-10-19(11-9-17)23(2,3)4/h8-13,16H,5-7,14-15H2,1-4H3,(H,24,26). The number of aryl methyl sites for hydroxylation is 1. The number of fused-ring (bicyclic) bond motifs is 1. The van der Waals surface area contributed by atoms with Gasteiger partial charge in [-0.15, -0.1) is 0 Å². The van der Waals surface area contributed by atoms with Gasteiger partial charge in [0.25, 0.3) is 5.91 Å². The van der Waals surface area contributed by atoms with E-state index in [1.54, 1.807) is 12.1 Å². The number of hydrogen-bond acceptors (Lipinski definition) is 3. The maximum absolute atomic E-state index is 12.6. The first-order valence-electron chi connectivity index (χ1n) is 10.2. The molecule has 0 atom stereocenters. The van der Waals surface area contributed by atoms with Crippen LogP contribution in [0.2, 0.25) is 0 Å². The number of rotatable bonds is 5. The number of nitrogens with zero attached hydrogens (tertiary/aromatic N) is 1. The topological polar surface area (TPSA) is 66.5 Å². The second-order valence-electron chi connectivity index (χ2n) is 8.62. The molecule has 0 saturated carbocycles. The van der Waals surface area contributed by atoms with E-state index < -0.39 is 10.0 Å². The molecule has 0 spiro atoms. The number of carbonyl (C=O) groups excluding carboxylic acids is 1. The highest BCUT2D eigenvalue weighted by molar-refractivity contribution is 7.92. The van der Waals surface area contributed by atoms with Gasteiger partial charge in [-0.05, 0) is 66.1 Å². The highest BCUT2D eigenvalue weighted by Gasteiger charge is 2.27. The van der Waals surface area contributed by atoms with Crippen molar-refractivity contribution in [2.75, 3.05) is 21.9 Å². The van der Waals surface area contributed by atoms with Gasteiger partial charge in [0, 0.05) is 17.8 Å². The first-order valence-corrected chi connectivity index (χ1v) is 11.8. The SMILES string of the molecule is CCCS(=O)(=O)N1CCCc2cc(NC(=O)c3ccc(C(C)(C)C)cc3)ccc21. The molecule has 0 fully saturated rings. The molecule has 3 rings (SSSR count). The summed E-state index contributed by atoms with van der Waals surface area (Å²) in [6, 6.07) is 13.1. The lowest BCUT2D eigenvalue weighted by atomic mass is 9.87. The van der Waals surface area contributed by atoms with Crippen LogP contribution < -0.4 is 9.62 Å². The minimum Gasteiger partial charge on any atom is -0.322 e. The van der Waals surface area contributed by atoms with E-state index in [2.05, 4.69) is 26.1 Å². The molecule has 0 saturated heterocycles. The molecule has 0 radical (unpaired) electrons. The Kier molecular flexibility index (Phi) is 6.03. The van der Waals surface area contributed by atoms with Crippen LogP contribution in [0.25, 0.3) is 0 Å². The van der Waals surface area contributed by atoms with Gasteiger partial charge in [0.1, 0.15) is 0 Å². The molecule has 6 heteroatoms. The fraction of sp³-hybridized carbons (Fsp3) is 0.435. The third-order valence-corrected chi connectivity index (χ3v) is 7.20. The third-order valence-electron chi connectivity index (χ3n) is 5.22. The van der Waals surface area contributed by atoms with Crippen molar-refractivity contribution in [2.24, 2.45) is 0 Å². The molecule has 156 valence electrons. The number of hydrogen-bond donors (Lipinski definition) is 1. The molecular weight excluding hydrogens is 384 g/mol. The second kappa shape index (κ2) is 8.19. The quantitative estimate of drug-likeness (QED) is 0.769. The van der Waals surface area contributed by atoms with Crippen molar-refractivity contribution >= 4 is 27.3 Å². The molecule has 0 bridgehead atoms. The number of carbonyl (C=O) groups is 1. The van der Waals surface area contributed by atoms with Crippen LogP contribution in [0, 0.1) is 0 Å². The average Bonchev–Trinajstić information content (AvgIpc) is 2.66. The van der Waals surface area contributed by atoms with Gasteiger partial charge in [0.2, 0.25) is 10.0 Å². The first kappa shape index (κ1) is 21.4. The molecule has 2 aromatic rings. The van der Waals surface area contributed by atoms with E-state index in [1.807, 2.05) is 37.3 Å². The van der Waals surface area contributed by atoms with Crippen LogP contribution in [0.4, 0.5) is 11.4 Å². The van der Waals surface area contributed by atoms with E-state index in [-0.39, 0.29) is 17.1 Å². The number of benzene rings is 2. The predicted octanol–water partition coefficient (Wildman–Crippen LogP) is 4.73. The monoisotopic (exact) mass is 414 g/mol. The molecule has 5 nitrogen and oxygen atoms in total.